The lowest BCUT2D eigenvalue weighted by Gasteiger charge is -2.31. The molecule has 0 saturated carbocycles. The smallest absolute Gasteiger partial charge is 0.263 e. The molecule has 0 aromatic heterocycles. The van der Waals surface area contributed by atoms with E-state index in [0.717, 1.165) is 11.1 Å². The zero-order chi connectivity index (χ0) is 24.0. The minimum absolute atomic E-state index is 0.00501. The van der Waals surface area contributed by atoms with Crippen LogP contribution in [0.25, 0.3) is 0 Å². The standard InChI is InChI=1S/C27H26Cl2N2O2/c1-18(31-26(32)27(2,3)33-25-7-5-4-6-21(25)17-30)24(20-10-14-23(29)15-11-20)16-19-8-12-22(28)13-9-19/h4-15,18,24H,16H2,1-3H3,(H,31,32). The summed E-state index contributed by atoms with van der Waals surface area (Å²) in [5, 5.41) is 13.8. The first-order valence-electron chi connectivity index (χ1n) is 10.7. The van der Waals surface area contributed by atoms with E-state index >= 15 is 0 Å². The summed E-state index contributed by atoms with van der Waals surface area (Å²) in [5.74, 6) is 0.107. The molecular formula is C27H26Cl2N2O2. The lowest BCUT2D eigenvalue weighted by Crippen LogP contribution is -2.51. The summed E-state index contributed by atoms with van der Waals surface area (Å²) in [6, 6.07) is 24.2. The molecule has 170 valence electrons. The number of nitrogens with one attached hydrogen (secondary N) is 1. The molecule has 4 nitrogen and oxygen atoms in total. The maximum absolute atomic E-state index is 13.2. The molecule has 3 aromatic carbocycles. The van der Waals surface area contributed by atoms with Crippen molar-refractivity contribution >= 4 is 29.1 Å². The highest BCUT2D eigenvalue weighted by atomic mass is 35.5. The minimum atomic E-state index is -1.17. The van der Waals surface area contributed by atoms with Crippen molar-refractivity contribution in [2.75, 3.05) is 0 Å². The SMILES string of the molecule is CC(NC(=O)C(C)(C)Oc1ccccc1C#N)C(Cc1ccc(Cl)cc1)c1ccc(Cl)cc1. The van der Waals surface area contributed by atoms with Crippen molar-refractivity contribution in [2.45, 2.75) is 44.8 Å². The molecule has 1 N–H and O–H groups in total. The third-order valence-corrected chi connectivity index (χ3v) is 6.05. The van der Waals surface area contributed by atoms with Crippen LogP contribution in [0.1, 0.15) is 43.4 Å². The van der Waals surface area contributed by atoms with Crippen molar-refractivity contribution in [1.29, 1.82) is 5.26 Å². The molecule has 1 amide bonds. The Kier molecular flexibility index (Phi) is 8.02. The van der Waals surface area contributed by atoms with Crippen molar-refractivity contribution in [3.63, 3.8) is 0 Å². The van der Waals surface area contributed by atoms with E-state index in [1.54, 1.807) is 38.1 Å². The van der Waals surface area contributed by atoms with Crippen LogP contribution < -0.4 is 10.1 Å². The van der Waals surface area contributed by atoms with E-state index < -0.39 is 5.60 Å². The van der Waals surface area contributed by atoms with Crippen molar-refractivity contribution in [3.05, 3.63) is 99.5 Å². The molecule has 2 unspecified atom stereocenters. The molecule has 0 heterocycles. The Balaban J connectivity index is 1.80. The maximum atomic E-state index is 13.2. The fourth-order valence-electron chi connectivity index (χ4n) is 3.62. The summed E-state index contributed by atoms with van der Waals surface area (Å²) in [6.45, 7) is 5.37. The van der Waals surface area contributed by atoms with E-state index in [1.807, 2.05) is 55.5 Å². The van der Waals surface area contributed by atoms with E-state index in [2.05, 4.69) is 11.4 Å². The summed E-state index contributed by atoms with van der Waals surface area (Å²) in [5.41, 5.74) is 1.38. The Morgan fingerprint density at radius 3 is 2.18 bits per heavy atom. The number of halogens is 2. The second-order valence-corrected chi connectivity index (χ2v) is 9.34. The normalized spacial score (nSPS) is 13.0. The van der Waals surface area contributed by atoms with Gasteiger partial charge in [-0.2, -0.15) is 5.26 Å². The molecule has 0 fully saturated rings. The van der Waals surface area contributed by atoms with Crippen LogP contribution in [-0.2, 0) is 11.2 Å². The summed E-state index contributed by atoms with van der Waals surface area (Å²) in [6.07, 6.45) is 0.707. The van der Waals surface area contributed by atoms with E-state index in [9.17, 15) is 10.1 Å². The molecule has 0 aliphatic heterocycles. The average molecular weight is 481 g/mol. The van der Waals surface area contributed by atoms with Gasteiger partial charge in [-0.25, -0.2) is 0 Å². The van der Waals surface area contributed by atoms with Gasteiger partial charge in [-0.05, 0) is 74.7 Å². The third-order valence-electron chi connectivity index (χ3n) is 5.55. The quantitative estimate of drug-likeness (QED) is 0.397. The van der Waals surface area contributed by atoms with Crippen LogP contribution in [0.3, 0.4) is 0 Å². The van der Waals surface area contributed by atoms with Crippen LogP contribution in [0, 0.1) is 11.3 Å². The van der Waals surface area contributed by atoms with Crippen LogP contribution in [0.2, 0.25) is 10.0 Å². The number of hydrogen-bond donors (Lipinski definition) is 1. The van der Waals surface area contributed by atoms with Crippen molar-refractivity contribution in [3.8, 4) is 11.8 Å². The van der Waals surface area contributed by atoms with Gasteiger partial charge in [0.25, 0.3) is 5.91 Å². The number of rotatable bonds is 8. The predicted molar refractivity (Wildman–Crippen MR) is 133 cm³/mol. The van der Waals surface area contributed by atoms with Crippen LogP contribution in [0.15, 0.2) is 72.8 Å². The highest BCUT2D eigenvalue weighted by molar-refractivity contribution is 6.30. The highest BCUT2D eigenvalue weighted by Crippen LogP contribution is 2.28. The van der Waals surface area contributed by atoms with E-state index in [0.29, 0.717) is 27.8 Å². The maximum Gasteiger partial charge on any atom is 0.263 e. The molecule has 33 heavy (non-hydrogen) atoms. The number of carbonyl (C=O) groups is 1. The molecule has 0 aliphatic rings. The highest BCUT2D eigenvalue weighted by Gasteiger charge is 2.33. The number of nitrogens with zero attached hydrogens (tertiary/aromatic N) is 1. The topological polar surface area (TPSA) is 62.1 Å². The summed E-state index contributed by atoms with van der Waals surface area (Å²) in [7, 11) is 0. The third kappa shape index (κ3) is 6.51. The largest absolute Gasteiger partial charge is 0.477 e. The number of carbonyl (C=O) groups excluding carboxylic acids is 1. The summed E-state index contributed by atoms with van der Waals surface area (Å²) < 4.78 is 5.95. The molecule has 3 rings (SSSR count). The van der Waals surface area contributed by atoms with Crippen LogP contribution in [0.5, 0.6) is 5.75 Å². The van der Waals surface area contributed by atoms with Crippen LogP contribution in [0.4, 0.5) is 0 Å². The van der Waals surface area contributed by atoms with Gasteiger partial charge in [0.15, 0.2) is 5.60 Å². The number of para-hydroxylation sites is 1. The van der Waals surface area contributed by atoms with E-state index in [1.165, 1.54) is 0 Å². The van der Waals surface area contributed by atoms with Crippen molar-refractivity contribution < 1.29 is 9.53 Å². The van der Waals surface area contributed by atoms with Gasteiger partial charge in [-0.3, -0.25) is 4.79 Å². The minimum Gasteiger partial charge on any atom is -0.477 e. The van der Waals surface area contributed by atoms with Gasteiger partial charge in [0.1, 0.15) is 11.8 Å². The molecule has 0 spiro atoms. The van der Waals surface area contributed by atoms with Crippen molar-refractivity contribution in [1.82, 2.24) is 5.32 Å². The Labute approximate surface area is 205 Å². The van der Waals surface area contributed by atoms with E-state index in [4.69, 9.17) is 27.9 Å². The molecule has 3 aromatic rings. The Bertz CT molecular complexity index is 1140. The first-order chi connectivity index (χ1) is 15.7. The second-order valence-electron chi connectivity index (χ2n) is 8.47. The number of benzene rings is 3. The van der Waals surface area contributed by atoms with E-state index in [-0.39, 0.29) is 17.9 Å². The van der Waals surface area contributed by atoms with Gasteiger partial charge < -0.3 is 10.1 Å². The van der Waals surface area contributed by atoms with Crippen LogP contribution in [-0.4, -0.2) is 17.6 Å². The Hall–Kier alpha value is -3.00. The lowest BCUT2D eigenvalue weighted by atomic mass is 9.86. The first kappa shape index (κ1) is 24.6. The number of nitriles is 1. The fourth-order valence-corrected chi connectivity index (χ4v) is 3.87. The number of hydrogen-bond acceptors (Lipinski definition) is 3. The van der Waals surface area contributed by atoms with Gasteiger partial charge in [0.05, 0.1) is 5.56 Å². The van der Waals surface area contributed by atoms with Gasteiger partial charge in [0.2, 0.25) is 0 Å². The molecule has 0 aliphatic carbocycles. The van der Waals surface area contributed by atoms with Gasteiger partial charge in [-0.15, -0.1) is 0 Å². The molecular weight excluding hydrogens is 455 g/mol. The van der Waals surface area contributed by atoms with Crippen LogP contribution >= 0.6 is 23.2 Å². The fraction of sp³-hybridized carbons (Fsp3) is 0.259. The zero-order valence-corrected chi connectivity index (χ0v) is 20.3. The zero-order valence-electron chi connectivity index (χ0n) is 18.8. The van der Waals surface area contributed by atoms with Gasteiger partial charge in [0, 0.05) is 22.0 Å². The average Bonchev–Trinajstić information content (AvgIpc) is 2.79. The predicted octanol–water partition coefficient (Wildman–Crippen LogP) is 6.55. The Morgan fingerprint density at radius 2 is 1.58 bits per heavy atom. The monoisotopic (exact) mass is 480 g/mol. The molecule has 6 heteroatoms. The number of amides is 1. The second kappa shape index (κ2) is 10.7. The number of ether oxygens (including phenoxy) is 1. The van der Waals surface area contributed by atoms with Gasteiger partial charge >= 0.3 is 0 Å². The molecule has 0 radical (unpaired) electrons. The molecule has 2 atom stereocenters. The summed E-state index contributed by atoms with van der Waals surface area (Å²) >= 11 is 12.1. The molecule has 0 saturated heterocycles. The Morgan fingerprint density at radius 1 is 1.00 bits per heavy atom. The first-order valence-corrected chi connectivity index (χ1v) is 11.4. The van der Waals surface area contributed by atoms with Gasteiger partial charge in [-0.1, -0.05) is 59.6 Å². The van der Waals surface area contributed by atoms with Crippen molar-refractivity contribution in [2.24, 2.45) is 0 Å². The summed E-state index contributed by atoms with van der Waals surface area (Å²) in [4.78, 5) is 13.2. The lowest BCUT2D eigenvalue weighted by molar-refractivity contribution is -0.135. The molecule has 0 bridgehead atoms.